The lowest BCUT2D eigenvalue weighted by molar-refractivity contribution is 0.678. The maximum absolute atomic E-state index is 6.40. The predicted octanol–water partition coefficient (Wildman–Crippen LogP) is 3.97. The minimum Gasteiger partial charge on any atom is -0.355 e. The molecule has 0 saturated heterocycles. The van der Waals surface area contributed by atoms with Gasteiger partial charge in [-0.15, -0.1) is 11.3 Å². The van der Waals surface area contributed by atoms with Gasteiger partial charge in [0.15, 0.2) is 0 Å². The largest absolute Gasteiger partial charge is 0.355 e. The molecule has 0 bridgehead atoms. The van der Waals surface area contributed by atoms with Crippen molar-refractivity contribution in [1.29, 1.82) is 0 Å². The molecule has 0 aromatic carbocycles. The Morgan fingerprint density at radius 1 is 1.48 bits per heavy atom. The minimum atomic E-state index is 0.355. The zero-order valence-electron chi connectivity index (χ0n) is 12.8. The molecular formula is C16H22ClN3S. The van der Waals surface area contributed by atoms with E-state index >= 15 is 0 Å². The molecule has 0 aliphatic carbocycles. The van der Waals surface area contributed by atoms with Crippen molar-refractivity contribution < 1.29 is 0 Å². The number of halogens is 1. The second-order valence-corrected chi connectivity index (χ2v) is 6.61. The first kappa shape index (κ1) is 16.3. The Bertz CT molecular complexity index is 557. The molecule has 3 nitrogen and oxygen atoms in total. The third kappa shape index (κ3) is 4.43. The molecule has 1 unspecified atom stereocenters. The highest BCUT2D eigenvalue weighted by Gasteiger charge is 2.15. The molecule has 0 aliphatic heterocycles. The Balaban J connectivity index is 2.05. The first-order valence-electron chi connectivity index (χ1n) is 7.22. The van der Waals surface area contributed by atoms with E-state index in [1.54, 1.807) is 11.3 Å². The summed E-state index contributed by atoms with van der Waals surface area (Å²) in [5, 5.41) is 6.11. The van der Waals surface area contributed by atoms with Crippen LogP contribution in [0.3, 0.4) is 0 Å². The molecule has 5 heteroatoms. The molecule has 2 aromatic rings. The molecule has 0 spiro atoms. The topological polar surface area (TPSA) is 28.2 Å². The highest BCUT2D eigenvalue weighted by molar-refractivity contribution is 7.09. The molecule has 0 saturated carbocycles. The van der Waals surface area contributed by atoms with E-state index in [9.17, 15) is 0 Å². The van der Waals surface area contributed by atoms with Crippen LogP contribution in [0.15, 0.2) is 29.8 Å². The average Bonchev–Trinajstić information content (AvgIpc) is 2.97. The Labute approximate surface area is 136 Å². The van der Waals surface area contributed by atoms with Crippen molar-refractivity contribution in [2.75, 3.05) is 18.5 Å². The van der Waals surface area contributed by atoms with Gasteiger partial charge in [0.05, 0.1) is 5.02 Å². The van der Waals surface area contributed by atoms with E-state index in [0.29, 0.717) is 11.1 Å². The van der Waals surface area contributed by atoms with Crippen molar-refractivity contribution in [3.05, 3.63) is 45.2 Å². The van der Waals surface area contributed by atoms with Crippen LogP contribution in [0.1, 0.15) is 24.3 Å². The van der Waals surface area contributed by atoms with Crippen LogP contribution >= 0.6 is 22.9 Å². The summed E-state index contributed by atoms with van der Waals surface area (Å²) >= 11 is 8.19. The first-order chi connectivity index (χ1) is 10.1. The molecule has 0 amide bonds. The predicted molar refractivity (Wildman–Crippen MR) is 92.5 cm³/mol. The molecule has 21 heavy (non-hydrogen) atoms. The van der Waals surface area contributed by atoms with E-state index in [2.05, 4.69) is 53.6 Å². The fourth-order valence-electron chi connectivity index (χ4n) is 2.16. The Morgan fingerprint density at radius 2 is 2.29 bits per heavy atom. The van der Waals surface area contributed by atoms with Gasteiger partial charge in [-0.3, -0.25) is 0 Å². The second-order valence-electron chi connectivity index (χ2n) is 5.17. The number of anilines is 1. The third-order valence-electron chi connectivity index (χ3n) is 3.53. The zero-order valence-corrected chi connectivity index (χ0v) is 14.3. The molecule has 114 valence electrons. The molecule has 0 fully saturated rings. The van der Waals surface area contributed by atoms with Crippen molar-refractivity contribution >= 4 is 28.8 Å². The molecule has 1 N–H and O–H groups in total. The van der Waals surface area contributed by atoms with Gasteiger partial charge < -0.3 is 10.2 Å². The number of hydrogen-bond acceptors (Lipinski definition) is 4. The van der Waals surface area contributed by atoms with Crippen LogP contribution in [-0.4, -0.2) is 24.6 Å². The Morgan fingerprint density at radius 3 is 2.90 bits per heavy atom. The summed E-state index contributed by atoms with van der Waals surface area (Å²) in [6.45, 7) is 6.03. The normalized spacial score (nSPS) is 12.4. The van der Waals surface area contributed by atoms with Crippen molar-refractivity contribution in [2.24, 2.45) is 0 Å². The number of likely N-dealkylation sites (N-methyl/N-ethyl adjacent to an activating group) is 1. The van der Waals surface area contributed by atoms with Gasteiger partial charge in [-0.1, -0.05) is 24.6 Å². The van der Waals surface area contributed by atoms with Crippen LogP contribution in [0.4, 0.5) is 5.82 Å². The van der Waals surface area contributed by atoms with Crippen molar-refractivity contribution in [3.63, 3.8) is 0 Å². The highest BCUT2D eigenvalue weighted by atomic mass is 35.5. The lowest BCUT2D eigenvalue weighted by Crippen LogP contribution is -2.31. The molecule has 0 aliphatic rings. The Hall–Kier alpha value is -1.10. The first-order valence-corrected chi connectivity index (χ1v) is 8.48. The van der Waals surface area contributed by atoms with Crippen LogP contribution in [-0.2, 0) is 13.0 Å². The smallest absolute Gasteiger partial charge is 0.147 e. The van der Waals surface area contributed by atoms with Gasteiger partial charge >= 0.3 is 0 Å². The van der Waals surface area contributed by atoms with E-state index in [1.165, 1.54) is 4.88 Å². The number of pyridine rings is 1. The summed E-state index contributed by atoms with van der Waals surface area (Å²) in [5.41, 5.74) is 1.12. The van der Waals surface area contributed by atoms with Gasteiger partial charge in [0.25, 0.3) is 0 Å². The van der Waals surface area contributed by atoms with Crippen molar-refractivity contribution in [1.82, 2.24) is 10.3 Å². The maximum Gasteiger partial charge on any atom is 0.147 e. The maximum atomic E-state index is 6.40. The SMILES string of the molecule is CCNCc1cnc(N(C)C(C)Cc2cccs2)c(Cl)c1. The molecule has 2 rings (SSSR count). The quantitative estimate of drug-likeness (QED) is 0.835. The van der Waals surface area contributed by atoms with Gasteiger partial charge in [-0.25, -0.2) is 4.98 Å². The summed E-state index contributed by atoms with van der Waals surface area (Å²) in [6.07, 6.45) is 2.91. The second kappa shape index (κ2) is 7.78. The summed E-state index contributed by atoms with van der Waals surface area (Å²) in [7, 11) is 2.05. The molecule has 2 aromatic heterocycles. The highest BCUT2D eigenvalue weighted by Crippen LogP contribution is 2.26. The number of rotatable bonds is 7. The zero-order chi connectivity index (χ0) is 15.2. The number of nitrogens with zero attached hydrogens (tertiary/aromatic N) is 2. The lowest BCUT2D eigenvalue weighted by Gasteiger charge is -2.26. The number of thiophene rings is 1. The fraction of sp³-hybridized carbons (Fsp3) is 0.438. The van der Waals surface area contributed by atoms with Crippen LogP contribution < -0.4 is 10.2 Å². The van der Waals surface area contributed by atoms with Gasteiger partial charge in [0.2, 0.25) is 0 Å². The molecule has 1 atom stereocenters. The van der Waals surface area contributed by atoms with Gasteiger partial charge in [-0.2, -0.15) is 0 Å². The standard InChI is InChI=1S/C16H22ClN3S/c1-4-18-10-13-9-15(17)16(19-11-13)20(3)12(2)8-14-6-5-7-21-14/h5-7,9,11-12,18H,4,8,10H2,1-3H3. The third-order valence-corrected chi connectivity index (χ3v) is 4.71. The van der Waals surface area contributed by atoms with Crippen LogP contribution in [0, 0.1) is 0 Å². The van der Waals surface area contributed by atoms with Gasteiger partial charge in [0.1, 0.15) is 5.82 Å². The van der Waals surface area contributed by atoms with E-state index in [4.69, 9.17) is 11.6 Å². The van der Waals surface area contributed by atoms with E-state index in [1.807, 2.05) is 12.3 Å². The van der Waals surface area contributed by atoms with Gasteiger partial charge in [0, 0.05) is 37.1 Å². The summed E-state index contributed by atoms with van der Waals surface area (Å²) < 4.78 is 0. The van der Waals surface area contributed by atoms with Crippen LogP contribution in [0.2, 0.25) is 5.02 Å². The average molecular weight is 324 g/mol. The number of hydrogen-bond donors (Lipinski definition) is 1. The van der Waals surface area contributed by atoms with E-state index in [0.717, 1.165) is 30.9 Å². The van der Waals surface area contributed by atoms with Crippen molar-refractivity contribution in [3.8, 4) is 0 Å². The van der Waals surface area contributed by atoms with E-state index < -0.39 is 0 Å². The monoisotopic (exact) mass is 323 g/mol. The Kier molecular flexibility index (Phi) is 6.03. The lowest BCUT2D eigenvalue weighted by atomic mass is 10.2. The fourth-order valence-corrected chi connectivity index (χ4v) is 3.31. The minimum absolute atomic E-state index is 0.355. The number of nitrogens with one attached hydrogen (secondary N) is 1. The van der Waals surface area contributed by atoms with E-state index in [-0.39, 0.29) is 0 Å². The number of aromatic nitrogens is 1. The summed E-state index contributed by atoms with van der Waals surface area (Å²) in [4.78, 5) is 8.07. The van der Waals surface area contributed by atoms with Crippen LogP contribution in [0.5, 0.6) is 0 Å². The summed E-state index contributed by atoms with van der Waals surface area (Å²) in [6, 6.07) is 6.62. The molecular weight excluding hydrogens is 302 g/mol. The van der Waals surface area contributed by atoms with Crippen LogP contribution in [0.25, 0.3) is 0 Å². The van der Waals surface area contributed by atoms with Crippen molar-refractivity contribution in [2.45, 2.75) is 32.9 Å². The molecule has 0 radical (unpaired) electrons. The summed E-state index contributed by atoms with van der Waals surface area (Å²) in [5.74, 6) is 0.848. The molecule has 2 heterocycles. The van der Waals surface area contributed by atoms with Gasteiger partial charge in [-0.05, 0) is 36.5 Å².